The maximum atomic E-state index is 12.2. The monoisotopic (exact) mass is 445 g/mol. The van der Waals surface area contributed by atoms with Crippen molar-refractivity contribution in [3.63, 3.8) is 0 Å². The molecule has 0 aliphatic carbocycles. The molecule has 0 saturated heterocycles. The van der Waals surface area contributed by atoms with Crippen LogP contribution in [0.25, 0.3) is 0 Å². The lowest BCUT2D eigenvalue weighted by Gasteiger charge is -2.12. The largest absolute Gasteiger partial charge is 0.486 e. The molecule has 0 bridgehead atoms. The van der Waals surface area contributed by atoms with E-state index in [9.17, 15) is 9.59 Å². The number of carbonyl (C=O) groups is 2. The van der Waals surface area contributed by atoms with Crippen LogP contribution < -0.4 is 20.9 Å². The van der Waals surface area contributed by atoms with Gasteiger partial charge in [-0.25, -0.2) is 10.2 Å². The highest BCUT2D eigenvalue weighted by atomic mass is 16.5. The summed E-state index contributed by atoms with van der Waals surface area (Å²) in [6.45, 7) is 1.07. The Morgan fingerprint density at radius 2 is 1.70 bits per heavy atom. The first-order valence-electron chi connectivity index (χ1n) is 10.3. The highest BCUT2D eigenvalue weighted by Gasteiger charge is 2.13. The van der Waals surface area contributed by atoms with Crippen LogP contribution in [0.2, 0.25) is 0 Å². The first-order valence-corrected chi connectivity index (χ1v) is 10.3. The summed E-state index contributed by atoms with van der Waals surface area (Å²) in [6.07, 6.45) is 3.59. The van der Waals surface area contributed by atoms with Crippen LogP contribution in [0.1, 0.15) is 27.4 Å². The minimum absolute atomic E-state index is 0.0616. The van der Waals surface area contributed by atoms with Gasteiger partial charge in [-0.2, -0.15) is 5.10 Å². The number of aromatic nitrogens is 2. The molecule has 33 heavy (non-hydrogen) atoms. The van der Waals surface area contributed by atoms with Gasteiger partial charge in [-0.1, -0.05) is 42.5 Å². The third kappa shape index (κ3) is 6.23. The zero-order chi connectivity index (χ0) is 22.9. The second kappa shape index (κ2) is 10.7. The molecule has 0 spiro atoms. The predicted octanol–water partition coefficient (Wildman–Crippen LogP) is 3.25. The van der Waals surface area contributed by atoms with Crippen LogP contribution >= 0.6 is 0 Å². The van der Waals surface area contributed by atoms with Crippen LogP contribution in [0.4, 0.5) is 4.79 Å². The molecule has 9 nitrogen and oxygen atoms in total. The molecular weight excluding hydrogens is 422 g/mol. The van der Waals surface area contributed by atoms with Crippen LogP contribution in [0, 0.1) is 0 Å². The van der Waals surface area contributed by atoms with Gasteiger partial charge in [0.2, 0.25) is 0 Å². The fourth-order valence-electron chi connectivity index (χ4n) is 3.10. The van der Waals surface area contributed by atoms with Gasteiger partial charge in [0.1, 0.15) is 18.1 Å². The molecule has 9 heteroatoms. The van der Waals surface area contributed by atoms with Crippen molar-refractivity contribution < 1.29 is 18.7 Å². The fourth-order valence-corrected chi connectivity index (χ4v) is 3.10. The Morgan fingerprint density at radius 3 is 2.48 bits per heavy atom. The van der Waals surface area contributed by atoms with E-state index in [1.54, 1.807) is 12.3 Å². The Kier molecular flexibility index (Phi) is 7.01. The third-order valence-electron chi connectivity index (χ3n) is 4.75. The summed E-state index contributed by atoms with van der Waals surface area (Å²) in [4.78, 5) is 24.4. The van der Waals surface area contributed by atoms with Crippen molar-refractivity contribution in [2.45, 2.75) is 19.7 Å². The van der Waals surface area contributed by atoms with Gasteiger partial charge < -0.3 is 14.5 Å². The highest BCUT2D eigenvalue weighted by molar-refractivity contribution is 5.92. The molecule has 0 atom stereocenters. The zero-order valence-electron chi connectivity index (χ0n) is 17.7. The van der Waals surface area contributed by atoms with Crippen LogP contribution in [0.15, 0.2) is 89.6 Å². The van der Waals surface area contributed by atoms with E-state index in [0.29, 0.717) is 24.6 Å². The molecule has 0 aliphatic heterocycles. The number of hydrogen-bond acceptors (Lipinski definition) is 5. The molecule has 2 aromatic carbocycles. The molecule has 0 radical (unpaired) electrons. The maximum Gasteiger partial charge on any atom is 0.333 e. The molecule has 2 heterocycles. The Balaban J connectivity index is 1.23. The van der Waals surface area contributed by atoms with Crippen molar-refractivity contribution in [2.24, 2.45) is 0 Å². The van der Waals surface area contributed by atoms with Crippen molar-refractivity contribution >= 4 is 11.9 Å². The zero-order valence-corrected chi connectivity index (χ0v) is 17.7. The van der Waals surface area contributed by atoms with Crippen LogP contribution in [-0.4, -0.2) is 21.7 Å². The summed E-state index contributed by atoms with van der Waals surface area (Å²) in [7, 11) is 0. The summed E-state index contributed by atoms with van der Waals surface area (Å²) in [5.41, 5.74) is 6.63. The number of rotatable bonds is 8. The molecule has 168 valence electrons. The Labute approximate surface area is 190 Å². The molecule has 3 amide bonds. The number of amides is 3. The summed E-state index contributed by atoms with van der Waals surface area (Å²) in [5.74, 6) is 0.674. The third-order valence-corrected chi connectivity index (χ3v) is 4.75. The van der Waals surface area contributed by atoms with Gasteiger partial charge in [-0.3, -0.25) is 14.9 Å². The quantitative estimate of drug-likeness (QED) is 0.361. The van der Waals surface area contributed by atoms with E-state index < -0.39 is 11.9 Å². The molecule has 0 fully saturated rings. The van der Waals surface area contributed by atoms with Crippen molar-refractivity contribution in [1.29, 1.82) is 0 Å². The van der Waals surface area contributed by atoms with E-state index >= 15 is 0 Å². The van der Waals surface area contributed by atoms with E-state index in [4.69, 9.17) is 9.15 Å². The topological polar surface area (TPSA) is 110 Å². The van der Waals surface area contributed by atoms with Crippen LogP contribution in [-0.2, 0) is 19.7 Å². The molecular formula is C24H23N5O4. The minimum atomic E-state index is -0.574. The van der Waals surface area contributed by atoms with E-state index in [1.807, 2.05) is 71.5 Å². The first-order chi connectivity index (χ1) is 16.2. The number of nitrogens with zero attached hydrogens (tertiary/aromatic N) is 2. The lowest BCUT2D eigenvalue weighted by Crippen LogP contribution is -2.46. The Morgan fingerprint density at radius 1 is 0.909 bits per heavy atom. The number of carbonyl (C=O) groups excluding carboxylic acids is 2. The van der Waals surface area contributed by atoms with Crippen molar-refractivity contribution in [3.05, 3.63) is 108 Å². The minimum Gasteiger partial charge on any atom is -0.486 e. The first kappa shape index (κ1) is 21.7. The summed E-state index contributed by atoms with van der Waals surface area (Å²) in [5, 5.41) is 6.93. The van der Waals surface area contributed by atoms with E-state index in [0.717, 1.165) is 11.1 Å². The lowest BCUT2D eigenvalue weighted by atomic mass is 10.1. The second-order valence-electron chi connectivity index (χ2n) is 7.10. The molecule has 0 saturated carbocycles. The summed E-state index contributed by atoms with van der Waals surface area (Å²) in [6, 6.07) is 21.5. The highest BCUT2D eigenvalue weighted by Crippen LogP contribution is 2.14. The van der Waals surface area contributed by atoms with E-state index in [-0.39, 0.29) is 12.4 Å². The van der Waals surface area contributed by atoms with Gasteiger partial charge in [0.25, 0.3) is 0 Å². The average molecular weight is 445 g/mol. The Hall–Kier alpha value is -4.53. The van der Waals surface area contributed by atoms with Gasteiger partial charge in [0, 0.05) is 18.9 Å². The molecule has 0 aliphatic rings. The smallest absolute Gasteiger partial charge is 0.333 e. The van der Waals surface area contributed by atoms with Crippen LogP contribution in [0.5, 0.6) is 5.75 Å². The Bertz CT molecular complexity index is 1190. The number of hydrogen-bond donors (Lipinski definition) is 3. The van der Waals surface area contributed by atoms with Gasteiger partial charge in [0.15, 0.2) is 5.76 Å². The molecule has 4 rings (SSSR count). The number of hydrazine groups is 1. The number of urea groups is 1. The van der Waals surface area contributed by atoms with E-state index in [1.165, 1.54) is 6.07 Å². The number of para-hydroxylation sites is 1. The maximum absolute atomic E-state index is 12.2. The van der Waals surface area contributed by atoms with Crippen molar-refractivity contribution in [2.75, 3.05) is 0 Å². The number of nitrogens with one attached hydrogen (secondary N) is 3. The molecule has 4 aromatic rings. The van der Waals surface area contributed by atoms with Gasteiger partial charge in [0.05, 0.1) is 6.54 Å². The molecule has 3 N–H and O–H groups in total. The van der Waals surface area contributed by atoms with Crippen molar-refractivity contribution in [1.82, 2.24) is 25.9 Å². The number of ether oxygens (including phenoxy) is 1. The summed E-state index contributed by atoms with van der Waals surface area (Å²) < 4.78 is 12.9. The average Bonchev–Trinajstić information content (AvgIpc) is 3.54. The van der Waals surface area contributed by atoms with Gasteiger partial charge >= 0.3 is 11.9 Å². The van der Waals surface area contributed by atoms with Gasteiger partial charge in [-0.15, -0.1) is 0 Å². The molecule has 0 unspecified atom stereocenters. The SMILES string of the molecule is O=C(NCc1ccccc1Cn1cccn1)NNC(=O)c1ccc(COc2ccccc2)o1. The number of furan rings is 1. The molecule has 2 aromatic heterocycles. The lowest BCUT2D eigenvalue weighted by molar-refractivity contribution is 0.0904. The predicted molar refractivity (Wildman–Crippen MR) is 120 cm³/mol. The van der Waals surface area contributed by atoms with Gasteiger partial charge in [-0.05, 0) is 41.5 Å². The normalized spacial score (nSPS) is 10.4. The second-order valence-corrected chi connectivity index (χ2v) is 7.10. The van der Waals surface area contributed by atoms with E-state index in [2.05, 4.69) is 21.3 Å². The standard InChI is InChI=1S/C24H23N5O4/c30-23(22-12-11-21(33-22)17-32-20-9-2-1-3-10-20)27-28-24(31)25-15-18-7-4-5-8-19(18)16-29-14-6-13-26-29/h1-14H,15-17H2,(H,27,30)(H2,25,28,31). The van der Waals surface area contributed by atoms with Crippen LogP contribution in [0.3, 0.4) is 0 Å². The number of benzene rings is 2. The van der Waals surface area contributed by atoms with Crippen molar-refractivity contribution in [3.8, 4) is 5.75 Å². The summed E-state index contributed by atoms with van der Waals surface area (Å²) >= 11 is 0. The fraction of sp³-hybridized carbons (Fsp3) is 0.125.